The number of nitrogen functional groups attached to an aromatic ring is 1. The third-order valence-corrected chi connectivity index (χ3v) is 15.8. The van der Waals surface area contributed by atoms with E-state index in [2.05, 4.69) is 284 Å². The van der Waals surface area contributed by atoms with Gasteiger partial charge in [-0.1, -0.05) is 225 Å². The summed E-state index contributed by atoms with van der Waals surface area (Å²) in [5.41, 5.74) is 22.6. The fourth-order valence-corrected chi connectivity index (χ4v) is 10.4. The highest BCUT2D eigenvalue weighted by Gasteiger charge is 2.28. The van der Waals surface area contributed by atoms with Crippen LogP contribution in [0.1, 0.15) is 99.9 Å². The van der Waals surface area contributed by atoms with Gasteiger partial charge >= 0.3 is 0 Å². The van der Waals surface area contributed by atoms with E-state index in [4.69, 9.17) is 5.73 Å². The molecule has 10 aromatic carbocycles. The van der Waals surface area contributed by atoms with Gasteiger partial charge in [-0.3, -0.25) is 10.1 Å². The maximum atomic E-state index is 11.3. The van der Waals surface area contributed by atoms with E-state index >= 15 is 0 Å². The number of non-ortho nitro benzene ring substituents is 1. The van der Waals surface area contributed by atoms with Gasteiger partial charge in [-0.2, -0.15) is 0 Å². The van der Waals surface area contributed by atoms with Crippen LogP contribution in [-0.4, -0.2) is 4.92 Å². The van der Waals surface area contributed by atoms with E-state index < -0.39 is 0 Å². The molecular formula is C72H70N4O2. The Morgan fingerprint density at radius 3 is 0.667 bits per heavy atom. The lowest BCUT2D eigenvalue weighted by molar-refractivity contribution is -0.384. The Bertz CT molecular complexity index is 3330. The van der Waals surface area contributed by atoms with E-state index in [0.29, 0.717) is 0 Å². The summed E-state index contributed by atoms with van der Waals surface area (Å²) in [5.74, 6) is 0. The van der Waals surface area contributed by atoms with Gasteiger partial charge in [-0.25, -0.2) is 0 Å². The van der Waals surface area contributed by atoms with E-state index in [1.165, 1.54) is 44.5 Å². The summed E-state index contributed by atoms with van der Waals surface area (Å²) in [6.45, 7) is 18.1. The number of nitrogens with zero attached hydrogens (tertiary/aromatic N) is 3. The zero-order valence-corrected chi connectivity index (χ0v) is 46.1. The molecule has 0 atom stereocenters. The van der Waals surface area contributed by atoms with Gasteiger partial charge in [0.25, 0.3) is 5.69 Å². The molecule has 0 radical (unpaired) electrons. The monoisotopic (exact) mass is 1020 g/mol. The molecule has 10 rings (SSSR count). The second-order valence-electron chi connectivity index (χ2n) is 22.2. The normalized spacial score (nSPS) is 11.7. The molecule has 0 bridgehead atoms. The van der Waals surface area contributed by atoms with Crippen LogP contribution in [0.5, 0.6) is 0 Å². The molecule has 6 nitrogen and oxygen atoms in total. The van der Waals surface area contributed by atoms with Gasteiger partial charge in [0.05, 0.1) is 4.92 Å². The summed E-state index contributed by atoms with van der Waals surface area (Å²) in [6.07, 6.45) is 0. The first kappa shape index (κ1) is 53.8. The van der Waals surface area contributed by atoms with Gasteiger partial charge < -0.3 is 15.5 Å². The lowest BCUT2D eigenvalue weighted by Gasteiger charge is -2.30. The molecule has 0 unspecified atom stereocenters. The number of nitro benzene ring substituents is 1. The Balaban J connectivity index is 0.000000190. The minimum absolute atomic E-state index is 0.0728. The van der Waals surface area contributed by atoms with Crippen LogP contribution in [0.3, 0.4) is 0 Å². The summed E-state index contributed by atoms with van der Waals surface area (Å²) in [7, 11) is 0. The van der Waals surface area contributed by atoms with Crippen molar-refractivity contribution in [1.82, 2.24) is 0 Å². The van der Waals surface area contributed by atoms with Crippen molar-refractivity contribution in [2.75, 3.05) is 15.5 Å². The van der Waals surface area contributed by atoms with Crippen molar-refractivity contribution in [3.63, 3.8) is 0 Å². The minimum Gasteiger partial charge on any atom is -0.399 e. The summed E-state index contributed by atoms with van der Waals surface area (Å²) in [6, 6.07) is 92.3. The number of anilines is 7. The van der Waals surface area contributed by atoms with Crippen LogP contribution < -0.4 is 15.5 Å². The van der Waals surface area contributed by atoms with E-state index in [1.54, 1.807) is 12.1 Å². The van der Waals surface area contributed by atoms with Crippen LogP contribution in [-0.2, 0) is 21.7 Å². The fraction of sp³-hybridized carbons (Fsp3) is 0.167. The summed E-state index contributed by atoms with van der Waals surface area (Å²) < 4.78 is 0. The van der Waals surface area contributed by atoms with Crippen LogP contribution in [0.15, 0.2) is 267 Å². The lowest BCUT2D eigenvalue weighted by atomic mass is 9.78. The molecule has 10 aromatic rings. The molecule has 390 valence electrons. The predicted octanol–water partition coefficient (Wildman–Crippen LogP) is 19.1. The molecule has 0 saturated carbocycles. The number of hydrogen-bond donors (Lipinski definition) is 1. The van der Waals surface area contributed by atoms with Crippen molar-refractivity contribution in [2.24, 2.45) is 0 Å². The third-order valence-electron chi connectivity index (χ3n) is 15.8. The zero-order valence-electron chi connectivity index (χ0n) is 46.1. The van der Waals surface area contributed by atoms with Crippen LogP contribution in [0, 0.1) is 10.1 Å². The molecule has 0 saturated heterocycles. The smallest absolute Gasteiger partial charge is 0.269 e. The Morgan fingerprint density at radius 1 is 0.282 bits per heavy atom. The molecule has 0 aromatic heterocycles. The molecule has 2 N–H and O–H groups in total. The number of hydrogen-bond acceptors (Lipinski definition) is 5. The minimum atomic E-state index is -0.366. The van der Waals surface area contributed by atoms with Crippen molar-refractivity contribution >= 4 is 45.5 Å². The van der Waals surface area contributed by atoms with Gasteiger partial charge in [-0.05, 0) is 129 Å². The first-order valence-electron chi connectivity index (χ1n) is 26.8. The molecule has 6 heteroatoms. The average Bonchev–Trinajstić information content (AvgIpc) is 3.50. The highest BCUT2D eigenvalue weighted by Crippen LogP contribution is 2.42. The quantitative estimate of drug-likeness (QED) is 0.0629. The molecular weight excluding hydrogens is 953 g/mol. The van der Waals surface area contributed by atoms with Gasteiger partial charge in [0.15, 0.2) is 0 Å². The van der Waals surface area contributed by atoms with Crippen molar-refractivity contribution in [1.29, 1.82) is 0 Å². The molecule has 0 aliphatic rings. The van der Waals surface area contributed by atoms with Crippen molar-refractivity contribution in [2.45, 2.75) is 77.0 Å². The highest BCUT2D eigenvalue weighted by atomic mass is 16.6. The Hall–Kier alpha value is -9.00. The van der Waals surface area contributed by atoms with Crippen LogP contribution in [0.2, 0.25) is 0 Å². The van der Waals surface area contributed by atoms with Gasteiger partial charge in [0.2, 0.25) is 0 Å². The molecule has 0 fully saturated rings. The van der Waals surface area contributed by atoms with Crippen LogP contribution in [0.25, 0.3) is 0 Å². The molecule has 78 heavy (non-hydrogen) atoms. The maximum absolute atomic E-state index is 11.3. The number of benzene rings is 10. The topological polar surface area (TPSA) is 75.6 Å². The van der Waals surface area contributed by atoms with Crippen molar-refractivity contribution in [3.8, 4) is 0 Å². The second kappa shape index (κ2) is 22.7. The molecule has 0 spiro atoms. The third kappa shape index (κ3) is 11.5. The first-order chi connectivity index (χ1) is 37.4. The standard InChI is InChI=1S/C36H34N2O2.C36H36N2/c1-35(2,27-11-7-5-8-12-27)29-15-19-31(20-16-29)37(33-23-25-34(26-24-33)38(39)40)32-21-17-30(18-22-32)36(3,4)28-13-9-6-10-14-28;1-35(2,27-11-7-5-8-12-27)29-15-21-32(22-16-29)38(34-25-19-31(37)20-26-34)33-23-17-30(18-24-33)36(3,4)28-13-9-6-10-14-28/h5-26H,1-4H3;5-26H,37H2,1-4H3. The molecule has 0 aliphatic heterocycles. The van der Waals surface area contributed by atoms with E-state index in [0.717, 1.165) is 39.8 Å². The zero-order chi connectivity index (χ0) is 55.1. The number of rotatable bonds is 15. The highest BCUT2D eigenvalue weighted by molar-refractivity contribution is 5.79. The van der Waals surface area contributed by atoms with Gasteiger partial charge in [0.1, 0.15) is 0 Å². The van der Waals surface area contributed by atoms with Crippen LogP contribution in [0.4, 0.5) is 45.5 Å². The largest absolute Gasteiger partial charge is 0.399 e. The van der Waals surface area contributed by atoms with Crippen molar-refractivity contribution < 1.29 is 4.92 Å². The Morgan fingerprint density at radius 2 is 0.462 bits per heavy atom. The van der Waals surface area contributed by atoms with Crippen LogP contribution >= 0.6 is 0 Å². The molecule has 0 heterocycles. The summed E-state index contributed by atoms with van der Waals surface area (Å²) in [5, 5.41) is 11.3. The van der Waals surface area contributed by atoms with Gasteiger partial charge in [-0.15, -0.1) is 0 Å². The predicted molar refractivity (Wildman–Crippen MR) is 328 cm³/mol. The molecule has 0 aliphatic carbocycles. The maximum Gasteiger partial charge on any atom is 0.269 e. The Labute approximate surface area is 462 Å². The lowest BCUT2D eigenvalue weighted by Crippen LogP contribution is -2.19. The Kier molecular flexibility index (Phi) is 15.7. The number of nitrogens with two attached hydrogens (primary N) is 1. The fourth-order valence-electron chi connectivity index (χ4n) is 10.4. The van der Waals surface area contributed by atoms with Gasteiger partial charge in [0, 0.05) is 73.6 Å². The SMILES string of the molecule is CC(C)(c1ccccc1)c1ccc(N(c2ccc(N)cc2)c2ccc(C(C)(C)c3ccccc3)cc2)cc1.CC(C)(c1ccccc1)c1ccc(N(c2ccc([N+](=O)[O-])cc2)c2ccc(C(C)(C)c3ccccc3)cc2)cc1. The molecule has 0 amide bonds. The summed E-state index contributed by atoms with van der Waals surface area (Å²) >= 11 is 0. The second-order valence-corrected chi connectivity index (χ2v) is 22.2. The van der Waals surface area contributed by atoms with Crippen molar-refractivity contribution in [3.05, 3.63) is 322 Å². The van der Waals surface area contributed by atoms with E-state index in [9.17, 15) is 10.1 Å². The summed E-state index contributed by atoms with van der Waals surface area (Å²) in [4.78, 5) is 15.4. The van der Waals surface area contributed by atoms with E-state index in [1.807, 2.05) is 36.4 Å². The average molecular weight is 1020 g/mol. The van der Waals surface area contributed by atoms with E-state index in [-0.39, 0.29) is 32.3 Å². The number of nitro groups is 1. The first-order valence-corrected chi connectivity index (χ1v) is 26.8.